The van der Waals surface area contributed by atoms with E-state index in [4.69, 9.17) is 9.72 Å². The second-order valence-electron chi connectivity index (χ2n) is 18.0. The number of anilines is 2. The Morgan fingerprint density at radius 2 is 1.12 bits per heavy atom. The van der Waals surface area contributed by atoms with Crippen LogP contribution in [0.25, 0.3) is 27.6 Å². The van der Waals surface area contributed by atoms with E-state index in [2.05, 4.69) is 211 Å². The van der Waals surface area contributed by atoms with E-state index in [-0.39, 0.29) is 16.2 Å². The molecule has 5 nitrogen and oxygen atoms in total. The summed E-state index contributed by atoms with van der Waals surface area (Å²) in [6.45, 7) is 23.3. The normalized spacial score (nSPS) is 14.0. The van der Waals surface area contributed by atoms with Crippen LogP contribution in [0.15, 0.2) is 145 Å². The van der Waals surface area contributed by atoms with E-state index in [1.807, 2.05) is 6.20 Å². The summed E-state index contributed by atoms with van der Waals surface area (Å²) in [6, 6.07) is 45.9. The molecular formula is C51H54N4O. The van der Waals surface area contributed by atoms with Gasteiger partial charge in [-0.1, -0.05) is 116 Å². The largest absolute Gasteiger partial charge is 0.457 e. The van der Waals surface area contributed by atoms with E-state index in [0.717, 1.165) is 34.0 Å². The maximum absolute atomic E-state index is 6.96. The van der Waals surface area contributed by atoms with Gasteiger partial charge in [-0.15, -0.1) is 0 Å². The van der Waals surface area contributed by atoms with Gasteiger partial charge in [0, 0.05) is 57.3 Å². The molecule has 3 heterocycles. The summed E-state index contributed by atoms with van der Waals surface area (Å²) in [4.78, 5) is 9.75. The molecule has 56 heavy (non-hydrogen) atoms. The number of aromatic nitrogens is 2. The second kappa shape index (κ2) is 13.7. The number of rotatable bonds is 7. The average Bonchev–Trinajstić information content (AvgIpc) is 3.67. The van der Waals surface area contributed by atoms with Gasteiger partial charge in [0.2, 0.25) is 0 Å². The van der Waals surface area contributed by atoms with Crippen LogP contribution in [0, 0.1) is 0 Å². The molecule has 0 saturated heterocycles. The number of allylic oxidation sites excluding steroid dienone is 2. The number of hydrogen-bond acceptors (Lipinski definition) is 4. The molecule has 1 aliphatic heterocycles. The molecule has 0 unspecified atom stereocenters. The van der Waals surface area contributed by atoms with Gasteiger partial charge in [-0.25, -0.2) is 4.98 Å². The lowest BCUT2D eigenvalue weighted by atomic mass is 9.78. The Morgan fingerprint density at radius 3 is 1.86 bits per heavy atom. The van der Waals surface area contributed by atoms with Crippen molar-refractivity contribution < 1.29 is 4.74 Å². The van der Waals surface area contributed by atoms with Gasteiger partial charge in [-0.3, -0.25) is 4.57 Å². The molecule has 0 spiro atoms. The van der Waals surface area contributed by atoms with Crippen LogP contribution in [0.1, 0.15) is 91.5 Å². The Balaban J connectivity index is 1.23. The quantitative estimate of drug-likeness (QED) is 0.163. The zero-order valence-electron chi connectivity index (χ0n) is 34.6. The Hall–Kier alpha value is -5.81. The zero-order valence-corrected chi connectivity index (χ0v) is 34.6. The van der Waals surface area contributed by atoms with Crippen molar-refractivity contribution in [3.63, 3.8) is 0 Å². The third-order valence-electron chi connectivity index (χ3n) is 11.8. The van der Waals surface area contributed by atoms with Crippen LogP contribution < -0.4 is 14.5 Å². The molecule has 284 valence electrons. The Morgan fingerprint density at radius 1 is 0.500 bits per heavy atom. The SMILES string of the molecule is CC1=C(C)N(c2cc(Oc3ccc4c5ccccc5n(-c5cc(C(C)(C)C)ccn5)c4c3)cc(C(C)(C)c3ccccc3)c2)CN1c1cccc(C(C)(C)C)c1. The van der Waals surface area contributed by atoms with Crippen molar-refractivity contribution in [2.45, 2.75) is 85.5 Å². The maximum Gasteiger partial charge on any atom is 0.137 e. The predicted octanol–water partition coefficient (Wildman–Crippen LogP) is 13.4. The standard InChI is InChI=1S/C51H54N4O/c1-34-35(2)54(33-53(34)40-20-16-19-37(27-40)49(3,4)5)41-28-39(51(9,10)36-17-12-11-13-18-36)29-43(31-41)56-42-23-24-45-44-21-14-15-22-46(44)55(47(45)32-42)48-30-38(25-26-52-48)50(6,7)8/h11-32H,33H2,1-10H3. The van der Waals surface area contributed by atoms with Crippen LogP contribution in [0.4, 0.5) is 11.4 Å². The third-order valence-corrected chi connectivity index (χ3v) is 11.8. The lowest BCUT2D eigenvalue weighted by Gasteiger charge is -2.30. The highest BCUT2D eigenvalue weighted by molar-refractivity contribution is 6.09. The van der Waals surface area contributed by atoms with Crippen LogP contribution in [-0.4, -0.2) is 16.2 Å². The molecule has 0 amide bonds. The minimum Gasteiger partial charge on any atom is -0.457 e. The smallest absolute Gasteiger partial charge is 0.137 e. The van der Waals surface area contributed by atoms with E-state index in [9.17, 15) is 0 Å². The molecule has 5 aromatic carbocycles. The van der Waals surface area contributed by atoms with Gasteiger partial charge in [0.15, 0.2) is 0 Å². The number of fused-ring (bicyclic) bond motifs is 3. The Kier molecular flexibility index (Phi) is 9.11. The van der Waals surface area contributed by atoms with Crippen LogP contribution in [0.2, 0.25) is 0 Å². The van der Waals surface area contributed by atoms with Gasteiger partial charge in [0.05, 0.1) is 17.7 Å². The molecule has 0 fully saturated rings. The van der Waals surface area contributed by atoms with Gasteiger partial charge in [0.1, 0.15) is 17.3 Å². The zero-order chi connectivity index (χ0) is 39.6. The van der Waals surface area contributed by atoms with Gasteiger partial charge < -0.3 is 14.5 Å². The summed E-state index contributed by atoms with van der Waals surface area (Å²) in [6.07, 6.45) is 1.93. The van der Waals surface area contributed by atoms with Crippen molar-refractivity contribution in [1.29, 1.82) is 0 Å². The summed E-state index contributed by atoms with van der Waals surface area (Å²) in [7, 11) is 0. The number of hydrogen-bond donors (Lipinski definition) is 0. The topological polar surface area (TPSA) is 33.5 Å². The third kappa shape index (κ3) is 6.74. The summed E-state index contributed by atoms with van der Waals surface area (Å²) in [5.41, 5.74) is 11.8. The molecule has 1 aliphatic rings. The number of pyridine rings is 1. The highest BCUT2D eigenvalue weighted by atomic mass is 16.5. The highest BCUT2D eigenvalue weighted by Crippen LogP contribution is 2.42. The second-order valence-corrected chi connectivity index (χ2v) is 18.0. The van der Waals surface area contributed by atoms with E-state index >= 15 is 0 Å². The van der Waals surface area contributed by atoms with Gasteiger partial charge >= 0.3 is 0 Å². The first-order valence-corrected chi connectivity index (χ1v) is 19.8. The minimum atomic E-state index is -0.275. The molecule has 2 aromatic heterocycles. The van der Waals surface area contributed by atoms with Crippen LogP contribution in [-0.2, 0) is 16.2 Å². The highest BCUT2D eigenvalue weighted by Gasteiger charge is 2.30. The van der Waals surface area contributed by atoms with Crippen molar-refractivity contribution in [1.82, 2.24) is 9.55 Å². The van der Waals surface area contributed by atoms with E-state index in [0.29, 0.717) is 6.67 Å². The minimum absolute atomic E-state index is 0.00408. The molecule has 0 atom stereocenters. The fourth-order valence-electron chi connectivity index (χ4n) is 8.02. The summed E-state index contributed by atoms with van der Waals surface area (Å²) >= 11 is 0. The van der Waals surface area contributed by atoms with Crippen molar-refractivity contribution in [2.24, 2.45) is 0 Å². The Bertz CT molecular complexity index is 2620. The Labute approximate surface area is 332 Å². The number of para-hydroxylation sites is 1. The summed E-state index contributed by atoms with van der Waals surface area (Å²) in [5.74, 6) is 2.48. The van der Waals surface area contributed by atoms with Crippen molar-refractivity contribution in [3.8, 4) is 17.3 Å². The molecule has 0 radical (unpaired) electrons. The van der Waals surface area contributed by atoms with E-state index < -0.39 is 0 Å². The lowest BCUT2D eigenvalue weighted by molar-refractivity contribution is 0.480. The number of ether oxygens (including phenoxy) is 1. The monoisotopic (exact) mass is 738 g/mol. The molecular weight excluding hydrogens is 685 g/mol. The molecule has 5 heteroatoms. The first kappa shape index (κ1) is 37.1. The molecule has 0 aliphatic carbocycles. The number of nitrogens with zero attached hydrogens (tertiary/aromatic N) is 4. The van der Waals surface area contributed by atoms with Gasteiger partial charge in [-0.2, -0.15) is 0 Å². The summed E-state index contributed by atoms with van der Waals surface area (Å²) in [5, 5.41) is 2.36. The van der Waals surface area contributed by atoms with E-state index in [1.165, 1.54) is 50.1 Å². The average molecular weight is 739 g/mol. The maximum atomic E-state index is 6.96. The predicted molar refractivity (Wildman–Crippen MR) is 236 cm³/mol. The van der Waals surface area contributed by atoms with Crippen molar-refractivity contribution in [3.05, 3.63) is 167 Å². The van der Waals surface area contributed by atoms with Crippen molar-refractivity contribution >= 4 is 33.2 Å². The van der Waals surface area contributed by atoms with E-state index in [1.54, 1.807) is 0 Å². The summed E-state index contributed by atoms with van der Waals surface area (Å²) < 4.78 is 9.24. The van der Waals surface area contributed by atoms with Gasteiger partial charge in [0.25, 0.3) is 0 Å². The lowest BCUT2D eigenvalue weighted by Crippen LogP contribution is -2.28. The van der Waals surface area contributed by atoms with Crippen LogP contribution in [0.3, 0.4) is 0 Å². The molecule has 0 N–H and O–H groups in total. The van der Waals surface area contributed by atoms with Crippen molar-refractivity contribution in [2.75, 3.05) is 16.5 Å². The first-order valence-electron chi connectivity index (χ1n) is 19.8. The van der Waals surface area contributed by atoms with Crippen LogP contribution >= 0.6 is 0 Å². The van der Waals surface area contributed by atoms with Crippen LogP contribution in [0.5, 0.6) is 11.5 Å². The fourth-order valence-corrected chi connectivity index (χ4v) is 8.02. The molecule has 0 bridgehead atoms. The number of benzene rings is 5. The fraction of sp³-hybridized carbons (Fsp3) is 0.275. The molecule has 8 rings (SSSR count). The molecule has 7 aromatic rings. The van der Waals surface area contributed by atoms with Gasteiger partial charge in [-0.05, 0) is 102 Å². The molecule has 0 saturated carbocycles. The first-order chi connectivity index (χ1) is 26.6.